The van der Waals surface area contributed by atoms with Gasteiger partial charge in [0.2, 0.25) is 5.91 Å². The van der Waals surface area contributed by atoms with Crippen LogP contribution in [-0.2, 0) is 16.2 Å². The van der Waals surface area contributed by atoms with Gasteiger partial charge in [0.15, 0.2) is 16.7 Å². The Labute approximate surface area is 171 Å². The first-order chi connectivity index (χ1) is 13.9. The molecule has 0 saturated carbocycles. The zero-order chi connectivity index (χ0) is 20.8. The lowest BCUT2D eigenvalue weighted by atomic mass is 10.2. The van der Waals surface area contributed by atoms with E-state index in [1.807, 2.05) is 6.92 Å². The standard InChI is InChI=1S/C21H19FN2O4S/c1-3-27-18-10-15(11-19-20(26)24-21(29-19)23-13(2)25)6-9-17(18)28-12-14-4-7-16(22)8-5-14/h4-11H,3,12H2,1-2H3,(H,23,24,25,26). The molecule has 1 N–H and O–H groups in total. The lowest BCUT2D eigenvalue weighted by Crippen LogP contribution is -2.23. The molecule has 150 valence electrons. The van der Waals surface area contributed by atoms with E-state index in [9.17, 15) is 14.0 Å². The number of hydrogen-bond donors (Lipinski definition) is 1. The Kier molecular flexibility index (Phi) is 6.66. The van der Waals surface area contributed by atoms with Crippen LogP contribution >= 0.6 is 11.8 Å². The highest BCUT2D eigenvalue weighted by Gasteiger charge is 2.22. The molecule has 29 heavy (non-hydrogen) atoms. The van der Waals surface area contributed by atoms with Crippen molar-refractivity contribution in [1.29, 1.82) is 0 Å². The minimum absolute atomic E-state index is 0.262. The summed E-state index contributed by atoms with van der Waals surface area (Å²) < 4.78 is 24.5. The molecule has 0 saturated heterocycles. The van der Waals surface area contributed by atoms with Crippen molar-refractivity contribution in [1.82, 2.24) is 5.32 Å². The number of carbonyl (C=O) groups excluding carboxylic acids is 2. The average Bonchev–Trinajstić information content (AvgIpc) is 3.01. The first-order valence-electron chi connectivity index (χ1n) is 8.89. The second-order valence-corrected chi connectivity index (χ2v) is 7.10. The molecule has 0 spiro atoms. The molecule has 0 aliphatic carbocycles. The maximum Gasteiger partial charge on any atom is 0.286 e. The number of nitrogens with zero attached hydrogens (tertiary/aromatic N) is 1. The molecule has 0 aromatic heterocycles. The van der Waals surface area contributed by atoms with Crippen LogP contribution in [0.25, 0.3) is 6.08 Å². The van der Waals surface area contributed by atoms with Crippen molar-refractivity contribution in [3.8, 4) is 11.5 Å². The van der Waals surface area contributed by atoms with Crippen LogP contribution in [0.5, 0.6) is 11.5 Å². The summed E-state index contributed by atoms with van der Waals surface area (Å²) in [5.41, 5.74) is 1.56. The van der Waals surface area contributed by atoms with E-state index < -0.39 is 5.91 Å². The molecule has 0 fully saturated rings. The van der Waals surface area contributed by atoms with Crippen molar-refractivity contribution in [3.05, 3.63) is 64.3 Å². The predicted molar refractivity (Wildman–Crippen MR) is 110 cm³/mol. The summed E-state index contributed by atoms with van der Waals surface area (Å²) in [5.74, 6) is 0.0763. The van der Waals surface area contributed by atoms with Gasteiger partial charge in [-0.2, -0.15) is 4.99 Å². The molecule has 0 radical (unpaired) electrons. The highest BCUT2D eigenvalue weighted by atomic mass is 32.2. The lowest BCUT2D eigenvalue weighted by molar-refractivity contribution is -0.117. The summed E-state index contributed by atoms with van der Waals surface area (Å²) >= 11 is 1.10. The van der Waals surface area contributed by atoms with Crippen LogP contribution in [0.4, 0.5) is 4.39 Å². The molecule has 6 nitrogen and oxygen atoms in total. The normalized spacial score (nSPS) is 14.7. The molecule has 0 atom stereocenters. The zero-order valence-corrected chi connectivity index (χ0v) is 16.7. The van der Waals surface area contributed by atoms with E-state index in [0.717, 1.165) is 22.9 Å². The Morgan fingerprint density at radius 2 is 1.93 bits per heavy atom. The van der Waals surface area contributed by atoms with Crippen LogP contribution in [0.1, 0.15) is 25.0 Å². The van der Waals surface area contributed by atoms with E-state index in [0.29, 0.717) is 23.0 Å². The number of rotatable bonds is 6. The summed E-state index contributed by atoms with van der Waals surface area (Å²) in [6.45, 7) is 3.92. The number of ether oxygens (including phenoxy) is 2. The van der Waals surface area contributed by atoms with Crippen LogP contribution in [0, 0.1) is 5.82 Å². The highest BCUT2D eigenvalue weighted by Crippen LogP contribution is 2.32. The third-order valence-corrected chi connectivity index (χ3v) is 4.68. The van der Waals surface area contributed by atoms with E-state index >= 15 is 0 Å². The Bertz CT molecular complexity index is 987. The summed E-state index contributed by atoms with van der Waals surface area (Å²) in [6.07, 6.45) is 1.68. The number of aliphatic imine (C=N–C) groups is 1. The topological polar surface area (TPSA) is 77.0 Å². The second-order valence-electron chi connectivity index (χ2n) is 6.07. The molecule has 2 aromatic carbocycles. The SMILES string of the molecule is CCOc1cc(C=C2SC(NC(C)=O)=NC2=O)ccc1OCc1ccc(F)cc1. The van der Waals surface area contributed by atoms with Crippen LogP contribution in [0.2, 0.25) is 0 Å². The van der Waals surface area contributed by atoms with E-state index in [4.69, 9.17) is 9.47 Å². The number of nitrogens with one attached hydrogen (secondary N) is 1. The highest BCUT2D eigenvalue weighted by molar-refractivity contribution is 8.18. The van der Waals surface area contributed by atoms with Gasteiger partial charge < -0.3 is 14.8 Å². The molecule has 1 aliphatic heterocycles. The maximum absolute atomic E-state index is 13.0. The first-order valence-corrected chi connectivity index (χ1v) is 9.70. The first kappa shape index (κ1) is 20.6. The van der Waals surface area contributed by atoms with E-state index in [2.05, 4.69) is 10.3 Å². The van der Waals surface area contributed by atoms with Gasteiger partial charge >= 0.3 is 0 Å². The van der Waals surface area contributed by atoms with Crippen LogP contribution in [0.3, 0.4) is 0 Å². The summed E-state index contributed by atoms with van der Waals surface area (Å²) in [6, 6.07) is 11.4. The fourth-order valence-electron chi connectivity index (χ4n) is 2.51. The van der Waals surface area contributed by atoms with Gasteiger partial charge in [-0.1, -0.05) is 18.2 Å². The van der Waals surface area contributed by atoms with Gasteiger partial charge in [0.1, 0.15) is 12.4 Å². The van der Waals surface area contributed by atoms with Crippen molar-refractivity contribution in [2.75, 3.05) is 6.61 Å². The van der Waals surface area contributed by atoms with Crippen molar-refractivity contribution in [2.24, 2.45) is 4.99 Å². The van der Waals surface area contributed by atoms with Gasteiger partial charge in [-0.3, -0.25) is 9.59 Å². The van der Waals surface area contributed by atoms with Gasteiger partial charge in [0.25, 0.3) is 5.91 Å². The van der Waals surface area contributed by atoms with Crippen molar-refractivity contribution < 1.29 is 23.5 Å². The number of thioether (sulfide) groups is 1. The smallest absolute Gasteiger partial charge is 0.286 e. The summed E-state index contributed by atoms with van der Waals surface area (Å²) in [4.78, 5) is 27.4. The average molecular weight is 414 g/mol. The number of amidine groups is 1. The molecule has 0 bridgehead atoms. The number of amides is 2. The van der Waals surface area contributed by atoms with E-state index in [-0.39, 0.29) is 23.5 Å². The number of halogens is 1. The maximum atomic E-state index is 13.0. The minimum Gasteiger partial charge on any atom is -0.490 e. The van der Waals surface area contributed by atoms with Crippen molar-refractivity contribution in [3.63, 3.8) is 0 Å². The third-order valence-electron chi connectivity index (χ3n) is 3.78. The summed E-state index contributed by atoms with van der Waals surface area (Å²) in [7, 11) is 0. The molecule has 8 heteroatoms. The Morgan fingerprint density at radius 3 is 2.62 bits per heavy atom. The second kappa shape index (κ2) is 9.38. The zero-order valence-electron chi connectivity index (χ0n) is 15.9. The number of carbonyl (C=O) groups is 2. The summed E-state index contributed by atoms with van der Waals surface area (Å²) in [5, 5.41) is 2.77. The van der Waals surface area contributed by atoms with Gasteiger partial charge in [-0.15, -0.1) is 0 Å². The number of hydrogen-bond acceptors (Lipinski definition) is 5. The molecular weight excluding hydrogens is 395 g/mol. The lowest BCUT2D eigenvalue weighted by Gasteiger charge is -2.13. The van der Waals surface area contributed by atoms with Crippen molar-refractivity contribution >= 4 is 34.8 Å². The third kappa shape index (κ3) is 5.68. The Balaban J connectivity index is 1.74. The van der Waals surface area contributed by atoms with Crippen LogP contribution < -0.4 is 14.8 Å². The molecule has 3 rings (SSSR count). The van der Waals surface area contributed by atoms with Gasteiger partial charge in [-0.05, 0) is 60.2 Å². The quantitative estimate of drug-likeness (QED) is 0.726. The van der Waals surface area contributed by atoms with E-state index in [1.165, 1.54) is 19.1 Å². The Morgan fingerprint density at radius 1 is 1.17 bits per heavy atom. The Hall–Kier alpha value is -3.13. The predicted octanol–water partition coefficient (Wildman–Crippen LogP) is 3.91. The van der Waals surface area contributed by atoms with Crippen LogP contribution in [-0.4, -0.2) is 23.6 Å². The fraction of sp³-hybridized carbons (Fsp3) is 0.190. The molecule has 2 aromatic rings. The monoisotopic (exact) mass is 414 g/mol. The molecular formula is C21H19FN2O4S. The minimum atomic E-state index is -0.409. The molecule has 2 amide bonds. The molecule has 0 unspecified atom stereocenters. The van der Waals surface area contributed by atoms with Gasteiger partial charge in [0, 0.05) is 6.92 Å². The van der Waals surface area contributed by atoms with Gasteiger partial charge in [0.05, 0.1) is 11.5 Å². The molecule has 1 aliphatic rings. The molecule has 1 heterocycles. The fourth-order valence-corrected chi connectivity index (χ4v) is 3.37. The largest absolute Gasteiger partial charge is 0.490 e. The van der Waals surface area contributed by atoms with E-state index in [1.54, 1.807) is 36.4 Å². The van der Waals surface area contributed by atoms with Gasteiger partial charge in [-0.25, -0.2) is 4.39 Å². The van der Waals surface area contributed by atoms with Crippen molar-refractivity contribution in [2.45, 2.75) is 20.5 Å². The van der Waals surface area contributed by atoms with Crippen LogP contribution in [0.15, 0.2) is 52.4 Å². The number of benzene rings is 2.